The summed E-state index contributed by atoms with van der Waals surface area (Å²) in [5.41, 5.74) is 6.96. The highest BCUT2D eigenvalue weighted by Crippen LogP contribution is 2.46. The van der Waals surface area contributed by atoms with Crippen LogP contribution in [-0.4, -0.2) is 40.4 Å². The summed E-state index contributed by atoms with van der Waals surface area (Å²) in [5.74, 6) is 2.41. The summed E-state index contributed by atoms with van der Waals surface area (Å²) in [6.07, 6.45) is 26.3. The first-order valence-corrected chi connectivity index (χ1v) is 27.8. The number of rotatable bonds is 30. The molecule has 0 aliphatic heterocycles. The number of nitrogens with zero attached hydrogens (tertiary/aromatic N) is 2. The van der Waals surface area contributed by atoms with Crippen molar-refractivity contribution in [2.75, 3.05) is 13.2 Å². The minimum absolute atomic E-state index is 0.369. The lowest BCUT2D eigenvalue weighted by Crippen LogP contribution is -2.21. The Bertz CT molecular complexity index is 2610. The van der Waals surface area contributed by atoms with E-state index in [9.17, 15) is 9.59 Å². The number of unbranched alkanes of at least 4 members (excludes halogenated alkanes) is 18. The van der Waals surface area contributed by atoms with Gasteiger partial charge in [-0.3, -0.25) is 4.79 Å². The third kappa shape index (κ3) is 15.8. The first-order chi connectivity index (χ1) is 35.1. The Morgan fingerprint density at radius 1 is 0.500 bits per heavy atom. The van der Waals surface area contributed by atoms with E-state index in [0.29, 0.717) is 52.8 Å². The van der Waals surface area contributed by atoms with Crippen LogP contribution in [0.25, 0.3) is 67.4 Å². The normalized spacial score (nSPS) is 11.7. The maximum absolute atomic E-state index is 12.7. The molecule has 382 valence electrons. The van der Waals surface area contributed by atoms with Gasteiger partial charge in [-0.25, -0.2) is 14.8 Å². The standard InChI is InChI=1S/C62H76N2O7S/c1-6-8-10-12-14-16-18-20-22-24-42-67-50-36-30-46(31-37-50)53-55-57(69-59(63-55)48-28-26-45(44-65)27-29-48)54(47-32-38-51(39-33-47)68-43-25-23-21-19-17-15-13-11-9-7-2)56-58(53)70-60(64-56)49-34-40-52(41-35-49)72-61(66)71-62(3,4)5/h26-41,44H,6-25,42-43H2,1-5H3. The Morgan fingerprint density at radius 2 is 0.861 bits per heavy atom. The number of benzene rings is 5. The highest BCUT2D eigenvalue weighted by atomic mass is 32.2. The Morgan fingerprint density at radius 3 is 1.24 bits per heavy atom. The third-order valence-corrected chi connectivity index (χ3v) is 13.7. The monoisotopic (exact) mass is 993 g/mol. The minimum Gasteiger partial charge on any atom is -0.494 e. The first kappa shape index (κ1) is 53.9. The van der Waals surface area contributed by atoms with E-state index >= 15 is 0 Å². The molecule has 2 aromatic heterocycles. The van der Waals surface area contributed by atoms with Gasteiger partial charge in [0.15, 0.2) is 11.2 Å². The van der Waals surface area contributed by atoms with Crippen molar-refractivity contribution in [1.29, 1.82) is 0 Å². The number of oxazole rings is 2. The highest BCUT2D eigenvalue weighted by molar-refractivity contribution is 8.13. The van der Waals surface area contributed by atoms with Crippen LogP contribution in [0.15, 0.2) is 111 Å². The predicted octanol–water partition coefficient (Wildman–Crippen LogP) is 19.1. The molecule has 5 aromatic carbocycles. The number of ether oxygens (including phenoxy) is 3. The van der Waals surface area contributed by atoms with Crippen LogP contribution in [0, 0.1) is 0 Å². The molecule has 0 saturated carbocycles. The van der Waals surface area contributed by atoms with Crippen molar-refractivity contribution in [3.05, 3.63) is 103 Å². The number of thioether (sulfide) groups is 1. The van der Waals surface area contributed by atoms with Crippen molar-refractivity contribution in [3.63, 3.8) is 0 Å². The Kier molecular flexibility index (Phi) is 20.8. The second-order valence-electron chi connectivity index (χ2n) is 20.1. The fourth-order valence-electron chi connectivity index (χ4n) is 9.05. The lowest BCUT2D eigenvalue weighted by atomic mass is 9.96. The summed E-state index contributed by atoms with van der Waals surface area (Å²) in [6, 6.07) is 31.0. The van der Waals surface area contributed by atoms with Crippen LogP contribution < -0.4 is 9.47 Å². The van der Waals surface area contributed by atoms with Crippen LogP contribution in [0.2, 0.25) is 0 Å². The topological polar surface area (TPSA) is 114 Å². The van der Waals surface area contributed by atoms with E-state index < -0.39 is 5.60 Å². The van der Waals surface area contributed by atoms with Crippen LogP contribution in [0.4, 0.5) is 4.79 Å². The van der Waals surface area contributed by atoms with E-state index in [1.807, 2.05) is 106 Å². The fourth-order valence-corrected chi connectivity index (χ4v) is 9.80. The van der Waals surface area contributed by atoms with Gasteiger partial charge >= 0.3 is 5.30 Å². The summed E-state index contributed by atoms with van der Waals surface area (Å²) in [7, 11) is 0. The molecular formula is C62H76N2O7S. The molecule has 0 unspecified atom stereocenters. The van der Waals surface area contributed by atoms with Gasteiger partial charge in [-0.2, -0.15) is 0 Å². The number of aromatic nitrogens is 2. The van der Waals surface area contributed by atoms with Gasteiger partial charge < -0.3 is 23.0 Å². The maximum atomic E-state index is 12.7. The summed E-state index contributed by atoms with van der Waals surface area (Å²) < 4.78 is 31.8. The van der Waals surface area contributed by atoms with Gasteiger partial charge in [-0.1, -0.05) is 166 Å². The van der Waals surface area contributed by atoms with E-state index in [-0.39, 0.29) is 5.30 Å². The number of aldehydes is 1. The molecular weight excluding hydrogens is 917 g/mol. The molecule has 10 heteroatoms. The van der Waals surface area contributed by atoms with Gasteiger partial charge in [0.1, 0.15) is 34.4 Å². The van der Waals surface area contributed by atoms with Crippen LogP contribution in [0.3, 0.4) is 0 Å². The van der Waals surface area contributed by atoms with Crippen LogP contribution >= 0.6 is 11.8 Å². The van der Waals surface area contributed by atoms with E-state index in [0.717, 1.165) is 93.5 Å². The Hall–Kier alpha value is -5.87. The van der Waals surface area contributed by atoms with Gasteiger partial charge in [0, 0.05) is 21.6 Å². The maximum Gasteiger partial charge on any atom is 0.372 e. The molecule has 0 atom stereocenters. The fraction of sp³-hybridized carbons (Fsp3) is 0.452. The Balaban J connectivity index is 1.18. The molecule has 0 saturated heterocycles. The molecule has 0 aliphatic carbocycles. The quantitative estimate of drug-likeness (QED) is 0.0187. The molecule has 0 radical (unpaired) electrons. The summed E-state index contributed by atoms with van der Waals surface area (Å²) in [5, 5.41) is -0.369. The second kappa shape index (κ2) is 27.8. The molecule has 9 nitrogen and oxygen atoms in total. The summed E-state index contributed by atoms with van der Waals surface area (Å²) in [6.45, 7) is 11.4. The SMILES string of the molecule is CCCCCCCCCCCCOc1ccc(-c2c3nc(-c4ccc(SC(=O)OC(C)(C)C)cc4)oc3c(-c3ccc(OCCCCCCCCCCCC)cc3)c3nc(-c4ccc(C=O)cc4)oc23)cc1. The molecule has 0 fully saturated rings. The highest BCUT2D eigenvalue weighted by Gasteiger charge is 2.28. The minimum atomic E-state index is -0.590. The van der Waals surface area contributed by atoms with Crippen LogP contribution in [0.5, 0.6) is 11.5 Å². The van der Waals surface area contributed by atoms with Crippen molar-refractivity contribution in [3.8, 4) is 56.7 Å². The molecule has 0 spiro atoms. The second-order valence-corrected chi connectivity index (χ2v) is 21.1. The predicted molar refractivity (Wildman–Crippen MR) is 295 cm³/mol. The van der Waals surface area contributed by atoms with Crippen molar-refractivity contribution in [2.24, 2.45) is 0 Å². The third-order valence-electron chi connectivity index (χ3n) is 13.0. The molecule has 2 heterocycles. The van der Waals surface area contributed by atoms with Crippen molar-refractivity contribution < 1.29 is 32.6 Å². The largest absolute Gasteiger partial charge is 0.494 e. The van der Waals surface area contributed by atoms with Crippen molar-refractivity contribution in [2.45, 2.75) is 174 Å². The number of carbonyl (C=O) groups excluding carboxylic acids is 2. The van der Waals surface area contributed by atoms with Crippen molar-refractivity contribution in [1.82, 2.24) is 9.97 Å². The molecule has 7 aromatic rings. The van der Waals surface area contributed by atoms with Crippen LogP contribution in [-0.2, 0) is 4.74 Å². The smallest absolute Gasteiger partial charge is 0.372 e. The van der Waals surface area contributed by atoms with Gasteiger partial charge in [0.2, 0.25) is 11.8 Å². The molecule has 0 aliphatic rings. The molecule has 7 rings (SSSR count). The van der Waals surface area contributed by atoms with Crippen LogP contribution in [0.1, 0.15) is 173 Å². The lowest BCUT2D eigenvalue weighted by Gasteiger charge is -2.18. The average molecular weight is 993 g/mol. The first-order valence-electron chi connectivity index (χ1n) is 26.9. The Labute approximate surface area is 432 Å². The molecule has 0 amide bonds. The number of hydrogen-bond donors (Lipinski definition) is 0. The molecule has 0 bridgehead atoms. The average Bonchev–Trinajstić information content (AvgIpc) is 4.02. The van der Waals surface area contributed by atoms with Gasteiger partial charge in [0.25, 0.3) is 0 Å². The van der Waals surface area contributed by atoms with Crippen molar-refractivity contribution >= 4 is 45.5 Å². The summed E-state index contributed by atoms with van der Waals surface area (Å²) in [4.78, 5) is 35.4. The van der Waals surface area contributed by atoms with E-state index in [1.54, 1.807) is 12.1 Å². The number of fused-ring (bicyclic) bond motifs is 2. The molecule has 72 heavy (non-hydrogen) atoms. The zero-order valence-corrected chi connectivity index (χ0v) is 44.3. The van der Waals surface area contributed by atoms with E-state index in [2.05, 4.69) is 13.8 Å². The zero-order chi connectivity index (χ0) is 50.5. The van der Waals surface area contributed by atoms with Gasteiger partial charge in [-0.05, 0) is 117 Å². The number of carbonyl (C=O) groups is 2. The van der Waals surface area contributed by atoms with E-state index in [4.69, 9.17) is 33.0 Å². The molecule has 0 N–H and O–H groups in total. The lowest BCUT2D eigenvalue weighted by molar-refractivity contribution is 0.0737. The zero-order valence-electron chi connectivity index (χ0n) is 43.5. The van der Waals surface area contributed by atoms with Gasteiger partial charge in [-0.15, -0.1) is 0 Å². The number of hydrogen-bond acceptors (Lipinski definition) is 10. The summed E-state index contributed by atoms with van der Waals surface area (Å²) >= 11 is 1.04. The van der Waals surface area contributed by atoms with E-state index in [1.165, 1.54) is 103 Å². The van der Waals surface area contributed by atoms with Gasteiger partial charge in [0.05, 0.1) is 24.3 Å².